The normalized spacial score (nSPS) is 21.1. The molecule has 3 atom stereocenters. The minimum Gasteiger partial charge on any atom is -0.372 e. The first-order chi connectivity index (χ1) is 16.7. The molecule has 3 aromatic rings. The van der Waals surface area contributed by atoms with Crippen molar-refractivity contribution in [1.29, 1.82) is 0 Å². The molecule has 0 spiro atoms. The van der Waals surface area contributed by atoms with E-state index in [4.69, 9.17) is 15.0 Å². The average molecular weight is 490 g/mol. The van der Waals surface area contributed by atoms with Crippen LogP contribution in [-0.2, 0) is 4.74 Å². The van der Waals surface area contributed by atoms with Gasteiger partial charge in [0.15, 0.2) is 0 Å². The lowest BCUT2D eigenvalue weighted by Gasteiger charge is -2.18. The van der Waals surface area contributed by atoms with Crippen molar-refractivity contribution in [1.82, 2.24) is 30.0 Å². The number of para-hydroxylation sites is 1. The maximum atomic E-state index is 12.8. The van der Waals surface area contributed by atoms with E-state index in [0.29, 0.717) is 13.1 Å². The summed E-state index contributed by atoms with van der Waals surface area (Å²) < 4.78 is 46.6. The van der Waals surface area contributed by atoms with Crippen LogP contribution >= 0.6 is 0 Å². The molecule has 3 heterocycles. The van der Waals surface area contributed by atoms with Gasteiger partial charge < -0.3 is 24.8 Å². The molecule has 5 rings (SSSR count). The van der Waals surface area contributed by atoms with Gasteiger partial charge in [-0.1, -0.05) is 23.4 Å². The van der Waals surface area contributed by atoms with Crippen LogP contribution < -0.4 is 10.6 Å². The van der Waals surface area contributed by atoms with Crippen molar-refractivity contribution in [2.75, 3.05) is 44.0 Å². The number of ether oxygens (including phenoxy) is 1. The first-order valence-electron chi connectivity index (χ1n) is 10.8. The number of hydrogen-bond donors (Lipinski definition) is 1. The lowest BCUT2D eigenvalue weighted by molar-refractivity contribution is -0.175. The smallest absolute Gasteiger partial charge is 0.372 e. The summed E-state index contributed by atoms with van der Waals surface area (Å²) in [5.74, 6) is -0.232. The van der Waals surface area contributed by atoms with Crippen LogP contribution in [0, 0.1) is 17.8 Å². The highest BCUT2D eigenvalue weighted by atomic mass is 19.4. The number of benzene rings is 1. The van der Waals surface area contributed by atoms with Crippen LogP contribution in [0.5, 0.6) is 0 Å². The van der Waals surface area contributed by atoms with Crippen molar-refractivity contribution < 1.29 is 27.2 Å². The predicted molar refractivity (Wildman–Crippen MR) is 115 cm³/mol. The molecule has 1 aliphatic carbocycles. The number of amides is 1. The molecule has 0 bridgehead atoms. The Morgan fingerprint density at radius 2 is 1.86 bits per heavy atom. The Morgan fingerprint density at radius 3 is 2.54 bits per heavy atom. The molecule has 0 radical (unpaired) electrons. The molecule has 184 valence electrons. The summed E-state index contributed by atoms with van der Waals surface area (Å²) in [4.78, 5) is 32.7. The van der Waals surface area contributed by atoms with E-state index in [-0.39, 0.29) is 53.8 Å². The molecule has 14 heteroatoms. The van der Waals surface area contributed by atoms with Crippen molar-refractivity contribution in [3.8, 4) is 11.6 Å². The summed E-state index contributed by atoms with van der Waals surface area (Å²) >= 11 is 0. The average Bonchev–Trinajstić information content (AvgIpc) is 3.20. The summed E-state index contributed by atoms with van der Waals surface area (Å²) in [6.07, 6.45) is -4.34. The second-order valence-corrected chi connectivity index (χ2v) is 8.47. The zero-order valence-electron chi connectivity index (χ0n) is 18.5. The Balaban J connectivity index is 1.23. The lowest BCUT2D eigenvalue weighted by atomic mass is 10.3. The molecule has 0 unspecified atom stereocenters. The van der Waals surface area contributed by atoms with Gasteiger partial charge in [0.05, 0.1) is 6.61 Å². The SMILES string of the molecule is CN(c1ccccc1)c1nc(N)nc(-c2noc(C(=O)N3C[C@@H]4[C@@H](COCC(F)(F)F)[C@@H]4C3)n2)n1. The van der Waals surface area contributed by atoms with E-state index in [2.05, 4.69) is 25.1 Å². The fourth-order valence-electron chi connectivity index (χ4n) is 4.31. The van der Waals surface area contributed by atoms with Crippen molar-refractivity contribution in [3.05, 3.63) is 36.2 Å². The summed E-state index contributed by atoms with van der Waals surface area (Å²) in [5.41, 5.74) is 6.67. The van der Waals surface area contributed by atoms with Gasteiger partial charge in [0.1, 0.15) is 6.61 Å². The van der Waals surface area contributed by atoms with Crippen LogP contribution in [0.2, 0.25) is 0 Å². The molecular formula is C21H21F3N8O3. The number of nitrogens with zero attached hydrogens (tertiary/aromatic N) is 7. The number of nitrogens with two attached hydrogens (primary N) is 1. The minimum absolute atomic E-state index is 0.0204. The fraction of sp³-hybridized carbons (Fsp3) is 0.429. The van der Waals surface area contributed by atoms with E-state index >= 15 is 0 Å². The molecule has 11 nitrogen and oxygen atoms in total. The Labute approximate surface area is 197 Å². The topological polar surface area (TPSA) is 136 Å². The predicted octanol–water partition coefficient (Wildman–Crippen LogP) is 2.17. The summed E-state index contributed by atoms with van der Waals surface area (Å²) in [5, 5.41) is 3.81. The highest BCUT2D eigenvalue weighted by Crippen LogP contribution is 2.52. The number of alkyl halides is 3. The maximum Gasteiger partial charge on any atom is 0.411 e. The van der Waals surface area contributed by atoms with Crippen LogP contribution in [-0.4, -0.2) is 75.4 Å². The molecule has 1 aromatic carbocycles. The van der Waals surface area contributed by atoms with Gasteiger partial charge in [-0.25, -0.2) is 0 Å². The number of fused-ring (bicyclic) bond motifs is 1. The Bertz CT molecular complexity index is 1210. The van der Waals surface area contributed by atoms with Crippen LogP contribution in [0.15, 0.2) is 34.9 Å². The fourth-order valence-corrected chi connectivity index (χ4v) is 4.31. The van der Waals surface area contributed by atoms with Gasteiger partial charge in [0, 0.05) is 25.8 Å². The Kier molecular flexibility index (Phi) is 5.75. The van der Waals surface area contributed by atoms with E-state index in [1.807, 2.05) is 30.3 Å². The molecule has 1 saturated heterocycles. The third kappa shape index (κ3) is 4.87. The molecule has 2 aromatic heterocycles. The van der Waals surface area contributed by atoms with Gasteiger partial charge in [-0.15, -0.1) is 0 Å². The molecule has 1 saturated carbocycles. The molecule has 2 aliphatic rings. The monoisotopic (exact) mass is 490 g/mol. The number of hydrogen-bond acceptors (Lipinski definition) is 10. The molecular weight excluding hydrogens is 469 g/mol. The van der Waals surface area contributed by atoms with E-state index in [9.17, 15) is 18.0 Å². The molecule has 2 N–H and O–H groups in total. The second kappa shape index (κ2) is 8.76. The second-order valence-electron chi connectivity index (χ2n) is 8.47. The first kappa shape index (κ1) is 23.0. The van der Waals surface area contributed by atoms with Gasteiger partial charge in [-0.2, -0.15) is 33.1 Å². The zero-order valence-corrected chi connectivity index (χ0v) is 18.5. The number of carbonyl (C=O) groups excluding carboxylic acids is 1. The van der Waals surface area contributed by atoms with Crippen LogP contribution in [0.25, 0.3) is 11.6 Å². The molecule has 1 amide bonds. The van der Waals surface area contributed by atoms with Gasteiger partial charge in [0.25, 0.3) is 0 Å². The van der Waals surface area contributed by atoms with Crippen LogP contribution in [0.1, 0.15) is 10.7 Å². The third-order valence-electron chi connectivity index (χ3n) is 6.13. The molecule has 1 aliphatic heterocycles. The highest BCUT2D eigenvalue weighted by Gasteiger charge is 2.57. The van der Waals surface area contributed by atoms with Gasteiger partial charge in [-0.3, -0.25) is 4.79 Å². The van der Waals surface area contributed by atoms with E-state index in [1.54, 1.807) is 16.8 Å². The number of aromatic nitrogens is 5. The summed E-state index contributed by atoms with van der Waals surface area (Å²) in [7, 11) is 1.76. The lowest BCUT2D eigenvalue weighted by Crippen LogP contribution is -2.32. The zero-order chi connectivity index (χ0) is 24.7. The van der Waals surface area contributed by atoms with Gasteiger partial charge >= 0.3 is 18.0 Å². The third-order valence-corrected chi connectivity index (χ3v) is 6.13. The molecule has 2 fully saturated rings. The minimum atomic E-state index is -4.34. The van der Waals surface area contributed by atoms with Crippen molar-refractivity contribution in [3.63, 3.8) is 0 Å². The summed E-state index contributed by atoms with van der Waals surface area (Å²) in [6, 6.07) is 9.37. The van der Waals surface area contributed by atoms with Gasteiger partial charge in [0.2, 0.25) is 23.5 Å². The van der Waals surface area contributed by atoms with E-state index < -0.39 is 18.7 Å². The first-order valence-corrected chi connectivity index (χ1v) is 10.8. The van der Waals surface area contributed by atoms with Crippen molar-refractivity contribution >= 4 is 23.5 Å². The number of likely N-dealkylation sites (tertiary alicyclic amines) is 1. The Hall–Kier alpha value is -3.81. The van der Waals surface area contributed by atoms with E-state index in [0.717, 1.165) is 5.69 Å². The standard InChI is InChI=1S/C21H21F3N8O3/c1-31(11-5-3-2-4-6-11)20-28-15(27-19(25)29-20)16-26-17(35-30-16)18(33)32-7-12-13(8-32)14(12)9-34-10-21(22,23)24/h2-6,12-14H,7-10H2,1H3,(H2,25,27,28,29)/t12-,13+,14+. The number of carbonyl (C=O) groups is 1. The summed E-state index contributed by atoms with van der Waals surface area (Å²) in [6.45, 7) is -0.444. The number of piperidine rings is 1. The van der Waals surface area contributed by atoms with E-state index in [1.165, 1.54) is 0 Å². The number of halogens is 3. The van der Waals surface area contributed by atoms with Crippen LogP contribution in [0.4, 0.5) is 30.8 Å². The maximum absolute atomic E-state index is 12.8. The number of anilines is 3. The van der Waals surface area contributed by atoms with Crippen molar-refractivity contribution in [2.24, 2.45) is 17.8 Å². The molecule has 35 heavy (non-hydrogen) atoms. The van der Waals surface area contributed by atoms with Gasteiger partial charge in [-0.05, 0) is 29.9 Å². The van der Waals surface area contributed by atoms with Crippen LogP contribution in [0.3, 0.4) is 0 Å². The quantitative estimate of drug-likeness (QED) is 0.525. The Morgan fingerprint density at radius 1 is 1.14 bits per heavy atom. The highest BCUT2D eigenvalue weighted by molar-refractivity contribution is 5.90. The van der Waals surface area contributed by atoms with Crippen molar-refractivity contribution in [2.45, 2.75) is 6.18 Å². The largest absolute Gasteiger partial charge is 0.411 e. The number of rotatable bonds is 7. The number of nitrogen functional groups attached to an aromatic ring is 1.